The Balaban J connectivity index is 2.73. The third kappa shape index (κ3) is 2.21. The zero-order chi connectivity index (χ0) is 9.90. The lowest BCUT2D eigenvalue weighted by Crippen LogP contribution is -2.42. The molecule has 1 aliphatic rings. The lowest BCUT2D eigenvalue weighted by Gasteiger charge is -2.24. The summed E-state index contributed by atoms with van der Waals surface area (Å²) in [5.41, 5.74) is 0. The van der Waals surface area contributed by atoms with Crippen molar-refractivity contribution < 1.29 is 8.42 Å². The van der Waals surface area contributed by atoms with Crippen LogP contribution in [0.25, 0.3) is 0 Å². The lowest BCUT2D eigenvalue weighted by atomic mass is 10.4. The highest BCUT2D eigenvalue weighted by atomic mass is 32.2. The lowest BCUT2D eigenvalue weighted by molar-refractivity contribution is 0.379. The largest absolute Gasteiger partial charge is 0.281 e. The molecule has 0 aliphatic carbocycles. The van der Waals surface area contributed by atoms with Crippen molar-refractivity contribution in [3.63, 3.8) is 0 Å². The summed E-state index contributed by atoms with van der Waals surface area (Å²) in [7, 11) is -3.13. The molecule has 0 aromatic carbocycles. The van der Waals surface area contributed by atoms with E-state index in [1.54, 1.807) is 4.31 Å². The molecular formula is C8H18N2O2S. The maximum absolute atomic E-state index is 11.8. The maximum Gasteiger partial charge on any atom is 0.281 e. The maximum atomic E-state index is 11.8. The normalized spacial score (nSPS) is 19.9. The third-order valence-electron chi connectivity index (χ3n) is 2.42. The first-order valence-electron chi connectivity index (χ1n) is 4.88. The van der Waals surface area contributed by atoms with Gasteiger partial charge in [-0.1, -0.05) is 13.8 Å². The molecule has 0 N–H and O–H groups in total. The van der Waals surface area contributed by atoms with Gasteiger partial charge in [-0.2, -0.15) is 17.0 Å². The summed E-state index contributed by atoms with van der Waals surface area (Å²) >= 11 is 0. The van der Waals surface area contributed by atoms with Gasteiger partial charge in [-0.05, 0) is 12.8 Å². The van der Waals surface area contributed by atoms with Crippen LogP contribution in [0.3, 0.4) is 0 Å². The van der Waals surface area contributed by atoms with Gasteiger partial charge in [0.1, 0.15) is 0 Å². The second kappa shape index (κ2) is 4.39. The van der Waals surface area contributed by atoms with E-state index in [0.29, 0.717) is 26.2 Å². The molecule has 0 amide bonds. The van der Waals surface area contributed by atoms with Gasteiger partial charge in [-0.15, -0.1) is 0 Å². The summed E-state index contributed by atoms with van der Waals surface area (Å²) in [6.45, 7) is 6.26. The van der Waals surface area contributed by atoms with Crippen LogP contribution in [0.1, 0.15) is 26.7 Å². The molecule has 0 atom stereocenters. The van der Waals surface area contributed by atoms with Crippen molar-refractivity contribution in [3.05, 3.63) is 0 Å². The standard InChI is InChI=1S/C8H18N2O2S/c1-3-9(4-2)13(11,12)10-7-5-6-8-10/h3-8H2,1-2H3. The van der Waals surface area contributed by atoms with E-state index in [-0.39, 0.29) is 0 Å². The van der Waals surface area contributed by atoms with Crippen molar-refractivity contribution in [1.29, 1.82) is 0 Å². The SMILES string of the molecule is CCN(CC)S(=O)(=O)N1CCCC1. The highest BCUT2D eigenvalue weighted by molar-refractivity contribution is 7.86. The van der Waals surface area contributed by atoms with Gasteiger partial charge in [0.15, 0.2) is 0 Å². The molecule has 1 rings (SSSR count). The summed E-state index contributed by atoms with van der Waals surface area (Å²) in [6.07, 6.45) is 2.00. The van der Waals surface area contributed by atoms with Crippen molar-refractivity contribution in [2.24, 2.45) is 0 Å². The van der Waals surface area contributed by atoms with Crippen molar-refractivity contribution in [2.45, 2.75) is 26.7 Å². The fourth-order valence-electron chi connectivity index (χ4n) is 1.63. The Morgan fingerprint density at radius 2 is 1.62 bits per heavy atom. The van der Waals surface area contributed by atoms with Gasteiger partial charge in [-0.25, -0.2) is 0 Å². The van der Waals surface area contributed by atoms with E-state index in [2.05, 4.69) is 0 Å². The second-order valence-corrected chi connectivity index (χ2v) is 5.13. The Hall–Kier alpha value is -0.130. The quantitative estimate of drug-likeness (QED) is 0.678. The topological polar surface area (TPSA) is 40.6 Å². The molecular weight excluding hydrogens is 188 g/mol. The van der Waals surface area contributed by atoms with Gasteiger partial charge in [-0.3, -0.25) is 0 Å². The van der Waals surface area contributed by atoms with Crippen LogP contribution in [-0.2, 0) is 10.2 Å². The first-order chi connectivity index (χ1) is 6.12. The van der Waals surface area contributed by atoms with E-state index in [0.717, 1.165) is 12.8 Å². The van der Waals surface area contributed by atoms with E-state index in [9.17, 15) is 8.42 Å². The van der Waals surface area contributed by atoms with Crippen LogP contribution in [0.2, 0.25) is 0 Å². The number of hydrogen-bond acceptors (Lipinski definition) is 2. The smallest absolute Gasteiger partial charge is 0.195 e. The van der Waals surface area contributed by atoms with E-state index < -0.39 is 10.2 Å². The summed E-state index contributed by atoms with van der Waals surface area (Å²) in [6, 6.07) is 0. The average Bonchev–Trinajstić information content (AvgIpc) is 2.58. The zero-order valence-corrected chi connectivity index (χ0v) is 9.18. The minimum absolute atomic E-state index is 0.565. The predicted molar refractivity (Wildman–Crippen MR) is 52.6 cm³/mol. The Morgan fingerprint density at radius 3 is 2.00 bits per heavy atom. The summed E-state index contributed by atoms with van der Waals surface area (Å²) in [5, 5.41) is 0. The van der Waals surface area contributed by atoms with Crippen LogP contribution < -0.4 is 0 Å². The van der Waals surface area contributed by atoms with Crippen LogP contribution in [-0.4, -0.2) is 43.2 Å². The molecule has 4 nitrogen and oxygen atoms in total. The van der Waals surface area contributed by atoms with Gasteiger partial charge in [0, 0.05) is 26.2 Å². The molecule has 1 saturated heterocycles. The number of nitrogens with zero attached hydrogens (tertiary/aromatic N) is 2. The van der Waals surface area contributed by atoms with E-state index in [1.807, 2.05) is 13.8 Å². The highest BCUT2D eigenvalue weighted by Crippen LogP contribution is 2.15. The minimum Gasteiger partial charge on any atom is -0.195 e. The van der Waals surface area contributed by atoms with Crippen molar-refractivity contribution in [3.8, 4) is 0 Å². The molecule has 0 unspecified atom stereocenters. The summed E-state index contributed by atoms with van der Waals surface area (Å²) in [4.78, 5) is 0. The third-order valence-corrected chi connectivity index (χ3v) is 4.61. The average molecular weight is 206 g/mol. The fourth-order valence-corrected chi connectivity index (χ4v) is 3.33. The fraction of sp³-hybridized carbons (Fsp3) is 1.00. The Morgan fingerprint density at radius 1 is 1.15 bits per heavy atom. The van der Waals surface area contributed by atoms with Gasteiger partial charge in [0.05, 0.1) is 0 Å². The van der Waals surface area contributed by atoms with Gasteiger partial charge in [0.25, 0.3) is 10.2 Å². The molecule has 0 spiro atoms. The molecule has 78 valence electrons. The Labute approximate surface area is 80.7 Å². The van der Waals surface area contributed by atoms with Crippen LogP contribution in [0.4, 0.5) is 0 Å². The molecule has 0 bridgehead atoms. The minimum atomic E-state index is -3.13. The molecule has 1 fully saturated rings. The van der Waals surface area contributed by atoms with E-state index in [4.69, 9.17) is 0 Å². The van der Waals surface area contributed by atoms with E-state index in [1.165, 1.54) is 4.31 Å². The van der Waals surface area contributed by atoms with Gasteiger partial charge >= 0.3 is 0 Å². The first kappa shape index (κ1) is 10.9. The molecule has 5 heteroatoms. The molecule has 0 radical (unpaired) electrons. The Kier molecular flexibility index (Phi) is 3.70. The number of rotatable bonds is 4. The van der Waals surface area contributed by atoms with Crippen LogP contribution in [0, 0.1) is 0 Å². The summed E-state index contributed by atoms with van der Waals surface area (Å²) < 4.78 is 26.8. The molecule has 1 aliphatic heterocycles. The highest BCUT2D eigenvalue weighted by Gasteiger charge is 2.29. The van der Waals surface area contributed by atoms with Gasteiger partial charge in [0.2, 0.25) is 0 Å². The Bertz CT molecular complexity index is 233. The van der Waals surface area contributed by atoms with Crippen LogP contribution >= 0.6 is 0 Å². The van der Waals surface area contributed by atoms with Crippen molar-refractivity contribution >= 4 is 10.2 Å². The van der Waals surface area contributed by atoms with Gasteiger partial charge < -0.3 is 0 Å². The van der Waals surface area contributed by atoms with E-state index >= 15 is 0 Å². The predicted octanol–water partition coefficient (Wildman–Crippen LogP) is 0.669. The molecule has 0 aromatic heterocycles. The van der Waals surface area contributed by atoms with Crippen LogP contribution in [0.5, 0.6) is 0 Å². The second-order valence-electron chi connectivity index (χ2n) is 3.20. The molecule has 0 saturated carbocycles. The first-order valence-corrected chi connectivity index (χ1v) is 6.27. The molecule has 13 heavy (non-hydrogen) atoms. The number of hydrogen-bond donors (Lipinski definition) is 0. The van der Waals surface area contributed by atoms with Crippen molar-refractivity contribution in [2.75, 3.05) is 26.2 Å². The summed E-state index contributed by atoms with van der Waals surface area (Å²) in [5.74, 6) is 0. The monoisotopic (exact) mass is 206 g/mol. The van der Waals surface area contributed by atoms with Crippen molar-refractivity contribution in [1.82, 2.24) is 8.61 Å². The molecule has 0 aromatic rings. The molecule has 1 heterocycles. The zero-order valence-electron chi connectivity index (χ0n) is 8.36. The van der Waals surface area contributed by atoms with Crippen LogP contribution in [0.15, 0.2) is 0 Å².